The van der Waals surface area contributed by atoms with Gasteiger partial charge < -0.3 is 14.5 Å². The van der Waals surface area contributed by atoms with E-state index in [1.165, 1.54) is 5.56 Å². The molecule has 5 heteroatoms. The standard InChI is InChI=1S/C22H26N4O/c1-16-14-19(17(2)26(16)15-18-8-4-3-5-9-18)22(27)25-13-7-6-10-20(25)21-23-11-12-24-21/h3-5,8-9,11-12,14,20H,6-7,10,13,15H2,1-2H3,(H,23,24)/t20-/m1/s1. The van der Waals surface area contributed by atoms with Crippen LogP contribution in [0.2, 0.25) is 0 Å². The number of hydrogen-bond acceptors (Lipinski definition) is 2. The number of carbonyl (C=O) groups is 1. The van der Waals surface area contributed by atoms with Gasteiger partial charge in [0, 0.05) is 36.9 Å². The highest BCUT2D eigenvalue weighted by Crippen LogP contribution is 2.31. The molecule has 1 saturated heterocycles. The number of imidazole rings is 1. The Hall–Kier alpha value is -2.82. The molecule has 2 aromatic heterocycles. The van der Waals surface area contributed by atoms with Gasteiger partial charge in [0.15, 0.2) is 0 Å². The first-order valence-corrected chi connectivity index (χ1v) is 9.66. The first kappa shape index (κ1) is 17.6. The third-order valence-electron chi connectivity index (χ3n) is 5.59. The quantitative estimate of drug-likeness (QED) is 0.754. The van der Waals surface area contributed by atoms with Crippen molar-refractivity contribution in [3.8, 4) is 0 Å². The van der Waals surface area contributed by atoms with Gasteiger partial charge in [-0.1, -0.05) is 30.3 Å². The fourth-order valence-corrected chi connectivity index (χ4v) is 4.10. The molecular weight excluding hydrogens is 336 g/mol. The van der Waals surface area contributed by atoms with E-state index in [2.05, 4.69) is 52.6 Å². The minimum atomic E-state index is 0.0402. The summed E-state index contributed by atoms with van der Waals surface area (Å²) >= 11 is 0. The molecule has 1 N–H and O–H groups in total. The Morgan fingerprint density at radius 2 is 2.04 bits per heavy atom. The number of aromatic amines is 1. The summed E-state index contributed by atoms with van der Waals surface area (Å²) in [5.41, 5.74) is 4.20. The van der Waals surface area contributed by atoms with Crippen LogP contribution in [0.1, 0.15) is 58.4 Å². The van der Waals surface area contributed by atoms with E-state index >= 15 is 0 Å². The number of carbonyl (C=O) groups excluding carboxylic acids is 1. The molecule has 1 aliphatic heterocycles. The van der Waals surface area contributed by atoms with Crippen LogP contribution in [0.25, 0.3) is 0 Å². The van der Waals surface area contributed by atoms with Crippen LogP contribution in [-0.4, -0.2) is 31.9 Å². The van der Waals surface area contributed by atoms with Crippen molar-refractivity contribution in [3.05, 3.63) is 77.1 Å². The van der Waals surface area contributed by atoms with Crippen molar-refractivity contribution < 1.29 is 4.79 Å². The van der Waals surface area contributed by atoms with E-state index in [4.69, 9.17) is 0 Å². The van der Waals surface area contributed by atoms with Crippen LogP contribution in [-0.2, 0) is 6.54 Å². The second kappa shape index (κ2) is 7.43. The van der Waals surface area contributed by atoms with E-state index in [0.29, 0.717) is 0 Å². The molecule has 1 fully saturated rings. The third kappa shape index (κ3) is 3.42. The van der Waals surface area contributed by atoms with Crippen LogP contribution in [0.15, 0.2) is 48.8 Å². The summed E-state index contributed by atoms with van der Waals surface area (Å²) in [5, 5.41) is 0. The number of nitrogens with one attached hydrogen (secondary N) is 1. The van der Waals surface area contributed by atoms with Crippen LogP contribution >= 0.6 is 0 Å². The Kier molecular flexibility index (Phi) is 4.84. The number of benzene rings is 1. The molecule has 0 aliphatic carbocycles. The molecule has 140 valence electrons. The molecule has 4 rings (SSSR count). The Labute approximate surface area is 160 Å². The molecule has 0 saturated carbocycles. The van der Waals surface area contributed by atoms with E-state index in [1.54, 1.807) is 6.20 Å². The molecule has 0 bridgehead atoms. The molecular formula is C22H26N4O. The molecule has 5 nitrogen and oxygen atoms in total. The zero-order valence-corrected chi connectivity index (χ0v) is 16.0. The number of rotatable bonds is 4. The van der Waals surface area contributed by atoms with E-state index in [9.17, 15) is 4.79 Å². The summed E-state index contributed by atoms with van der Waals surface area (Å²) in [6.07, 6.45) is 6.73. The summed E-state index contributed by atoms with van der Waals surface area (Å²) < 4.78 is 2.23. The second-order valence-electron chi connectivity index (χ2n) is 7.34. The van der Waals surface area contributed by atoms with Crippen molar-refractivity contribution in [2.24, 2.45) is 0 Å². The normalized spacial score (nSPS) is 17.3. The minimum absolute atomic E-state index is 0.0402. The van der Waals surface area contributed by atoms with E-state index in [-0.39, 0.29) is 11.9 Å². The van der Waals surface area contributed by atoms with E-state index < -0.39 is 0 Å². The number of amides is 1. The topological polar surface area (TPSA) is 53.9 Å². The van der Waals surface area contributed by atoms with Crippen LogP contribution < -0.4 is 0 Å². The summed E-state index contributed by atoms with van der Waals surface area (Å²) in [6, 6.07) is 12.5. The summed E-state index contributed by atoms with van der Waals surface area (Å²) in [6.45, 7) is 5.70. The highest BCUT2D eigenvalue weighted by atomic mass is 16.2. The first-order chi connectivity index (χ1) is 13.1. The number of likely N-dealkylation sites (tertiary alicyclic amines) is 1. The van der Waals surface area contributed by atoms with Crippen LogP contribution in [0.5, 0.6) is 0 Å². The van der Waals surface area contributed by atoms with Crippen LogP contribution in [0.3, 0.4) is 0 Å². The van der Waals surface area contributed by atoms with Crippen molar-refractivity contribution in [3.63, 3.8) is 0 Å². The van der Waals surface area contributed by atoms with Gasteiger partial charge in [-0.05, 0) is 44.7 Å². The van der Waals surface area contributed by atoms with Gasteiger partial charge in [-0.25, -0.2) is 4.98 Å². The lowest BCUT2D eigenvalue weighted by Gasteiger charge is -2.34. The molecule has 1 atom stereocenters. The zero-order chi connectivity index (χ0) is 18.8. The molecule has 1 amide bonds. The van der Waals surface area contributed by atoms with Crippen molar-refractivity contribution >= 4 is 5.91 Å². The predicted molar refractivity (Wildman–Crippen MR) is 106 cm³/mol. The SMILES string of the molecule is Cc1cc(C(=O)N2CCCC[C@@H]2c2ncc[nH]2)c(C)n1Cc1ccccc1. The number of aromatic nitrogens is 3. The average Bonchev–Trinajstić information content (AvgIpc) is 3.33. The monoisotopic (exact) mass is 362 g/mol. The van der Waals surface area contributed by atoms with Crippen LogP contribution in [0, 0.1) is 13.8 Å². The van der Waals surface area contributed by atoms with E-state index in [1.807, 2.05) is 23.2 Å². The maximum Gasteiger partial charge on any atom is 0.256 e. The van der Waals surface area contributed by atoms with Gasteiger partial charge in [0.25, 0.3) is 5.91 Å². The van der Waals surface area contributed by atoms with Gasteiger partial charge in [-0.3, -0.25) is 4.79 Å². The van der Waals surface area contributed by atoms with Crippen molar-refractivity contribution in [1.29, 1.82) is 0 Å². The fourth-order valence-electron chi connectivity index (χ4n) is 4.10. The number of H-pyrrole nitrogens is 1. The lowest BCUT2D eigenvalue weighted by atomic mass is 10.00. The van der Waals surface area contributed by atoms with Crippen LogP contribution in [0.4, 0.5) is 0 Å². The third-order valence-corrected chi connectivity index (χ3v) is 5.59. The van der Waals surface area contributed by atoms with Gasteiger partial charge in [0.2, 0.25) is 0 Å². The number of hydrogen-bond donors (Lipinski definition) is 1. The smallest absolute Gasteiger partial charge is 0.256 e. The summed E-state index contributed by atoms with van der Waals surface area (Å²) in [7, 11) is 0. The predicted octanol–water partition coefficient (Wildman–Crippen LogP) is 4.24. The minimum Gasteiger partial charge on any atom is -0.347 e. The lowest BCUT2D eigenvalue weighted by molar-refractivity contribution is 0.0600. The van der Waals surface area contributed by atoms with Gasteiger partial charge in [-0.15, -0.1) is 0 Å². The summed E-state index contributed by atoms with van der Waals surface area (Å²) in [4.78, 5) is 23.0. The van der Waals surface area contributed by atoms with E-state index in [0.717, 1.165) is 55.1 Å². The van der Waals surface area contributed by atoms with Crippen molar-refractivity contribution in [2.45, 2.75) is 45.7 Å². The maximum absolute atomic E-state index is 13.4. The molecule has 0 spiro atoms. The Morgan fingerprint density at radius 3 is 2.78 bits per heavy atom. The van der Waals surface area contributed by atoms with Crippen molar-refractivity contribution in [2.75, 3.05) is 6.54 Å². The number of nitrogens with zero attached hydrogens (tertiary/aromatic N) is 3. The van der Waals surface area contributed by atoms with Gasteiger partial charge in [-0.2, -0.15) is 0 Å². The highest BCUT2D eigenvalue weighted by Gasteiger charge is 2.31. The fraction of sp³-hybridized carbons (Fsp3) is 0.364. The Bertz CT molecular complexity index is 911. The zero-order valence-electron chi connectivity index (χ0n) is 16.0. The van der Waals surface area contributed by atoms with Gasteiger partial charge in [0.05, 0.1) is 11.6 Å². The van der Waals surface area contributed by atoms with Crippen molar-refractivity contribution in [1.82, 2.24) is 19.4 Å². The first-order valence-electron chi connectivity index (χ1n) is 9.66. The molecule has 1 aliphatic rings. The average molecular weight is 362 g/mol. The number of aryl methyl sites for hydroxylation is 1. The lowest BCUT2D eigenvalue weighted by Crippen LogP contribution is -2.39. The molecule has 27 heavy (non-hydrogen) atoms. The Balaban J connectivity index is 1.62. The summed E-state index contributed by atoms with van der Waals surface area (Å²) in [5.74, 6) is 1.00. The molecule has 1 aromatic carbocycles. The largest absolute Gasteiger partial charge is 0.347 e. The Morgan fingerprint density at radius 1 is 1.22 bits per heavy atom. The number of piperidine rings is 1. The maximum atomic E-state index is 13.4. The highest BCUT2D eigenvalue weighted by molar-refractivity contribution is 5.96. The second-order valence-corrected chi connectivity index (χ2v) is 7.34. The molecule has 0 unspecified atom stereocenters. The molecule has 3 heterocycles. The van der Waals surface area contributed by atoms with Gasteiger partial charge >= 0.3 is 0 Å². The molecule has 3 aromatic rings. The van der Waals surface area contributed by atoms with Gasteiger partial charge in [0.1, 0.15) is 5.82 Å². The molecule has 0 radical (unpaired) electrons.